The van der Waals surface area contributed by atoms with Crippen molar-refractivity contribution in [3.63, 3.8) is 0 Å². The van der Waals surface area contributed by atoms with Gasteiger partial charge in [0.15, 0.2) is 5.65 Å². The fourth-order valence-corrected chi connectivity index (χ4v) is 1.25. The molecule has 0 saturated carbocycles. The van der Waals surface area contributed by atoms with Gasteiger partial charge in [0, 0.05) is 6.20 Å². The predicted molar refractivity (Wildman–Crippen MR) is 42.7 cm³/mol. The van der Waals surface area contributed by atoms with Gasteiger partial charge in [-0.1, -0.05) is 0 Å². The molecule has 0 aliphatic heterocycles. The van der Waals surface area contributed by atoms with Crippen LogP contribution in [0, 0.1) is 6.92 Å². The molecule has 0 bridgehead atoms. The first-order valence-corrected chi connectivity index (χ1v) is 3.85. The lowest BCUT2D eigenvalue weighted by Gasteiger charge is -2.07. The van der Waals surface area contributed by atoms with Crippen LogP contribution in [0.1, 0.15) is 11.4 Å². The number of hydrogen-bond donors (Lipinski definition) is 0. The Kier molecular flexibility index (Phi) is 1.73. The molecule has 0 spiro atoms. The Balaban J connectivity index is 2.77. The van der Waals surface area contributed by atoms with Gasteiger partial charge in [-0.25, -0.2) is 4.98 Å². The third-order valence-electron chi connectivity index (χ3n) is 1.79. The van der Waals surface area contributed by atoms with Crippen LogP contribution in [0.5, 0.6) is 0 Å². The lowest BCUT2D eigenvalue weighted by atomic mass is 10.4. The Morgan fingerprint density at radius 1 is 1.29 bits per heavy atom. The zero-order valence-corrected chi connectivity index (χ0v) is 7.21. The van der Waals surface area contributed by atoms with Crippen LogP contribution in [0.25, 0.3) is 5.65 Å². The van der Waals surface area contributed by atoms with Gasteiger partial charge in [0.2, 0.25) is 0 Å². The Hall–Kier alpha value is -1.59. The molecule has 74 valence electrons. The summed E-state index contributed by atoms with van der Waals surface area (Å²) in [5.41, 5.74) is -0.0728. The first-order chi connectivity index (χ1) is 6.48. The summed E-state index contributed by atoms with van der Waals surface area (Å²) >= 11 is 0. The van der Waals surface area contributed by atoms with Gasteiger partial charge in [-0.2, -0.15) is 13.2 Å². The van der Waals surface area contributed by atoms with Gasteiger partial charge in [0.25, 0.3) is 0 Å². The topological polar surface area (TPSA) is 30.2 Å². The van der Waals surface area contributed by atoms with Gasteiger partial charge < -0.3 is 0 Å². The lowest BCUT2D eigenvalue weighted by Crippen LogP contribution is -2.11. The van der Waals surface area contributed by atoms with Crippen LogP contribution in [-0.4, -0.2) is 14.4 Å². The van der Waals surface area contributed by atoms with E-state index in [0.29, 0.717) is 5.69 Å². The summed E-state index contributed by atoms with van der Waals surface area (Å²) in [6.45, 7) is 1.63. The van der Waals surface area contributed by atoms with E-state index in [9.17, 15) is 13.2 Å². The monoisotopic (exact) mass is 201 g/mol. The number of imidazole rings is 1. The molecule has 3 nitrogen and oxygen atoms in total. The summed E-state index contributed by atoms with van der Waals surface area (Å²) in [6, 6.07) is 0. The third kappa shape index (κ3) is 1.32. The van der Waals surface area contributed by atoms with Gasteiger partial charge in [-0.3, -0.25) is 9.38 Å². The number of rotatable bonds is 0. The fraction of sp³-hybridized carbons (Fsp3) is 0.250. The first kappa shape index (κ1) is 8.98. The number of halogens is 3. The second-order valence-corrected chi connectivity index (χ2v) is 2.90. The van der Waals surface area contributed by atoms with E-state index < -0.39 is 11.9 Å². The van der Waals surface area contributed by atoms with E-state index in [0.717, 1.165) is 10.6 Å². The summed E-state index contributed by atoms with van der Waals surface area (Å²) in [5, 5.41) is 0. The van der Waals surface area contributed by atoms with Crippen molar-refractivity contribution in [3.8, 4) is 0 Å². The highest BCUT2D eigenvalue weighted by Gasteiger charge is 2.33. The zero-order valence-electron chi connectivity index (χ0n) is 7.21. The molecule has 0 aromatic carbocycles. The molecule has 2 rings (SSSR count). The van der Waals surface area contributed by atoms with E-state index in [1.165, 1.54) is 12.4 Å². The van der Waals surface area contributed by atoms with E-state index in [-0.39, 0.29) is 5.65 Å². The smallest absolute Gasteiger partial charge is 0.293 e. The Morgan fingerprint density at radius 3 is 2.64 bits per heavy atom. The van der Waals surface area contributed by atoms with E-state index in [4.69, 9.17) is 0 Å². The molecule has 2 aromatic heterocycles. The highest BCUT2D eigenvalue weighted by atomic mass is 19.4. The van der Waals surface area contributed by atoms with Gasteiger partial charge >= 0.3 is 6.18 Å². The number of aromatic nitrogens is 3. The molecule has 6 heteroatoms. The molecule has 0 N–H and O–H groups in total. The molecule has 0 atom stereocenters. The van der Waals surface area contributed by atoms with Gasteiger partial charge in [0.1, 0.15) is 5.69 Å². The van der Waals surface area contributed by atoms with Gasteiger partial charge in [-0.05, 0) is 6.92 Å². The molecule has 0 radical (unpaired) electrons. The van der Waals surface area contributed by atoms with Crippen molar-refractivity contribution in [2.75, 3.05) is 0 Å². The van der Waals surface area contributed by atoms with Crippen molar-refractivity contribution in [1.82, 2.24) is 14.4 Å². The number of alkyl halides is 3. The van der Waals surface area contributed by atoms with E-state index in [1.807, 2.05) is 0 Å². The van der Waals surface area contributed by atoms with E-state index in [2.05, 4.69) is 9.97 Å². The normalized spacial score (nSPS) is 12.3. The minimum Gasteiger partial charge on any atom is -0.293 e. The van der Waals surface area contributed by atoms with Crippen LogP contribution in [0.15, 0.2) is 18.6 Å². The SMILES string of the molecule is Cc1cn2c(C(F)(F)F)cncc2n1. The maximum absolute atomic E-state index is 12.4. The Morgan fingerprint density at radius 2 is 2.00 bits per heavy atom. The fourth-order valence-electron chi connectivity index (χ4n) is 1.25. The Labute approximate surface area is 77.2 Å². The summed E-state index contributed by atoms with van der Waals surface area (Å²) in [5.74, 6) is 0. The summed E-state index contributed by atoms with van der Waals surface area (Å²) in [6.07, 6.45) is -0.990. The largest absolute Gasteiger partial charge is 0.433 e. The average molecular weight is 201 g/mol. The van der Waals surface area contributed by atoms with Crippen molar-refractivity contribution in [2.45, 2.75) is 13.1 Å². The number of nitrogens with zero attached hydrogens (tertiary/aromatic N) is 3. The average Bonchev–Trinajstić information content (AvgIpc) is 2.41. The third-order valence-corrected chi connectivity index (χ3v) is 1.79. The molecule has 0 fully saturated rings. The second kappa shape index (κ2) is 2.70. The highest BCUT2D eigenvalue weighted by Crippen LogP contribution is 2.28. The summed E-state index contributed by atoms with van der Waals surface area (Å²) in [4.78, 5) is 7.38. The summed E-state index contributed by atoms with van der Waals surface area (Å²) in [7, 11) is 0. The molecule has 2 aromatic rings. The molecular weight excluding hydrogens is 195 g/mol. The van der Waals surface area contributed by atoms with Crippen LogP contribution in [0.2, 0.25) is 0 Å². The van der Waals surface area contributed by atoms with Gasteiger partial charge in [-0.15, -0.1) is 0 Å². The van der Waals surface area contributed by atoms with Crippen molar-refractivity contribution in [2.24, 2.45) is 0 Å². The number of aryl methyl sites for hydroxylation is 1. The molecule has 0 saturated heterocycles. The van der Waals surface area contributed by atoms with Crippen LogP contribution in [0.3, 0.4) is 0 Å². The molecule has 0 amide bonds. The zero-order chi connectivity index (χ0) is 10.3. The van der Waals surface area contributed by atoms with Crippen molar-refractivity contribution in [3.05, 3.63) is 30.0 Å². The maximum atomic E-state index is 12.4. The number of hydrogen-bond acceptors (Lipinski definition) is 2. The standard InChI is InChI=1S/C8H6F3N3/c1-5-4-14-6(8(9,10)11)2-12-3-7(14)13-5/h2-4H,1H3. The molecule has 14 heavy (non-hydrogen) atoms. The van der Waals surface area contributed by atoms with Crippen molar-refractivity contribution >= 4 is 5.65 Å². The van der Waals surface area contributed by atoms with Crippen molar-refractivity contribution < 1.29 is 13.2 Å². The number of fused-ring (bicyclic) bond motifs is 1. The van der Waals surface area contributed by atoms with Crippen LogP contribution in [0.4, 0.5) is 13.2 Å². The van der Waals surface area contributed by atoms with Gasteiger partial charge in [0.05, 0.1) is 18.1 Å². The molecule has 2 heterocycles. The van der Waals surface area contributed by atoms with Crippen LogP contribution < -0.4 is 0 Å². The molecule has 0 aliphatic carbocycles. The molecule has 0 aliphatic rings. The Bertz CT molecular complexity index is 472. The maximum Gasteiger partial charge on any atom is 0.433 e. The predicted octanol–water partition coefficient (Wildman–Crippen LogP) is 2.06. The minimum absolute atomic E-state index is 0.206. The molecular formula is C8H6F3N3. The quantitative estimate of drug-likeness (QED) is 0.653. The summed E-state index contributed by atoms with van der Waals surface area (Å²) < 4.78 is 38.3. The molecule has 0 unspecified atom stereocenters. The van der Waals surface area contributed by atoms with E-state index >= 15 is 0 Å². The minimum atomic E-state index is -4.40. The van der Waals surface area contributed by atoms with Crippen molar-refractivity contribution in [1.29, 1.82) is 0 Å². The lowest BCUT2D eigenvalue weighted by molar-refractivity contribution is -0.142. The van der Waals surface area contributed by atoms with E-state index in [1.54, 1.807) is 6.92 Å². The first-order valence-electron chi connectivity index (χ1n) is 3.85. The van der Waals surface area contributed by atoms with Crippen LogP contribution in [-0.2, 0) is 6.18 Å². The highest BCUT2D eigenvalue weighted by molar-refractivity contribution is 5.38. The van der Waals surface area contributed by atoms with Crippen LogP contribution >= 0.6 is 0 Å². The second-order valence-electron chi connectivity index (χ2n) is 2.90.